The summed E-state index contributed by atoms with van der Waals surface area (Å²) in [4.78, 5) is 10.5. The van der Waals surface area contributed by atoms with Crippen molar-refractivity contribution in [3.05, 3.63) is 72.7 Å². The maximum absolute atomic E-state index is 10.9. The highest BCUT2D eigenvalue weighted by Gasteiger charge is 2.13. The fourth-order valence-electron chi connectivity index (χ4n) is 2.02. The van der Waals surface area contributed by atoms with Crippen molar-refractivity contribution in [1.29, 1.82) is 0 Å². The van der Waals surface area contributed by atoms with Crippen LogP contribution >= 0.6 is 31.9 Å². The summed E-state index contributed by atoms with van der Waals surface area (Å²) in [6.45, 7) is 2.63. The molecular formula is C15H14Br2N2O2. The third kappa shape index (κ3) is 4.12. The van der Waals surface area contributed by atoms with Crippen LogP contribution in [-0.2, 0) is 6.54 Å². The van der Waals surface area contributed by atoms with Crippen LogP contribution < -0.4 is 5.32 Å². The first-order valence-corrected chi connectivity index (χ1v) is 7.98. The Bertz CT molecular complexity index is 662. The molecule has 0 bridgehead atoms. The zero-order chi connectivity index (χ0) is 15.4. The molecule has 2 aromatic rings. The van der Waals surface area contributed by atoms with E-state index in [2.05, 4.69) is 44.1 Å². The molecule has 1 atom stereocenters. The lowest BCUT2D eigenvalue weighted by Crippen LogP contribution is -2.18. The van der Waals surface area contributed by atoms with E-state index in [0.29, 0.717) is 11.0 Å². The van der Waals surface area contributed by atoms with Crippen molar-refractivity contribution in [3.63, 3.8) is 0 Å². The highest BCUT2D eigenvalue weighted by Crippen LogP contribution is 2.26. The van der Waals surface area contributed by atoms with E-state index < -0.39 is 0 Å². The molecule has 0 heterocycles. The number of benzene rings is 2. The second-order valence-electron chi connectivity index (χ2n) is 4.67. The Labute approximate surface area is 140 Å². The maximum atomic E-state index is 10.9. The van der Waals surface area contributed by atoms with Gasteiger partial charge in [-0.1, -0.05) is 40.2 Å². The SMILES string of the molecule is C[C@@H](NCc1ccc(Br)c([N+](=O)[O-])c1)c1ccccc1Br. The van der Waals surface area contributed by atoms with Crippen molar-refractivity contribution in [2.24, 2.45) is 0 Å². The molecule has 0 saturated heterocycles. The Morgan fingerprint density at radius 1 is 1.19 bits per heavy atom. The van der Waals surface area contributed by atoms with Crippen LogP contribution in [0, 0.1) is 10.1 Å². The Morgan fingerprint density at radius 2 is 1.90 bits per heavy atom. The van der Waals surface area contributed by atoms with Crippen LogP contribution in [0.25, 0.3) is 0 Å². The molecule has 2 rings (SSSR count). The molecule has 0 saturated carbocycles. The first-order valence-electron chi connectivity index (χ1n) is 6.39. The predicted octanol–water partition coefficient (Wildman–Crippen LogP) is 4.97. The lowest BCUT2D eigenvalue weighted by molar-refractivity contribution is -0.385. The van der Waals surface area contributed by atoms with E-state index in [0.717, 1.165) is 15.6 Å². The number of nitrogens with zero attached hydrogens (tertiary/aromatic N) is 1. The summed E-state index contributed by atoms with van der Waals surface area (Å²) in [6.07, 6.45) is 0. The molecule has 0 amide bonds. The molecule has 110 valence electrons. The zero-order valence-corrected chi connectivity index (χ0v) is 14.5. The van der Waals surface area contributed by atoms with Crippen LogP contribution in [-0.4, -0.2) is 4.92 Å². The average Bonchev–Trinajstić information content (AvgIpc) is 2.46. The van der Waals surface area contributed by atoms with E-state index >= 15 is 0 Å². The van der Waals surface area contributed by atoms with E-state index in [1.54, 1.807) is 12.1 Å². The molecule has 4 nitrogen and oxygen atoms in total. The van der Waals surface area contributed by atoms with Gasteiger partial charge in [0.15, 0.2) is 0 Å². The summed E-state index contributed by atoms with van der Waals surface area (Å²) in [5.41, 5.74) is 2.12. The summed E-state index contributed by atoms with van der Waals surface area (Å²) in [6, 6.07) is 13.3. The molecule has 0 spiro atoms. The van der Waals surface area contributed by atoms with E-state index in [1.807, 2.05) is 30.3 Å². The Hall–Kier alpha value is -1.24. The Balaban J connectivity index is 2.08. The fourth-order valence-corrected chi connectivity index (χ4v) is 3.03. The smallest absolute Gasteiger partial charge is 0.283 e. The largest absolute Gasteiger partial charge is 0.306 e. The minimum atomic E-state index is -0.384. The Morgan fingerprint density at radius 3 is 2.57 bits per heavy atom. The van der Waals surface area contributed by atoms with Crippen molar-refractivity contribution in [2.75, 3.05) is 0 Å². The van der Waals surface area contributed by atoms with Gasteiger partial charge in [-0.3, -0.25) is 10.1 Å². The quantitative estimate of drug-likeness (QED) is 0.556. The summed E-state index contributed by atoms with van der Waals surface area (Å²) < 4.78 is 1.54. The zero-order valence-electron chi connectivity index (χ0n) is 11.3. The summed E-state index contributed by atoms with van der Waals surface area (Å²) >= 11 is 6.72. The first-order chi connectivity index (χ1) is 9.99. The van der Waals surface area contributed by atoms with Gasteiger partial charge in [-0.2, -0.15) is 0 Å². The number of hydrogen-bond donors (Lipinski definition) is 1. The summed E-state index contributed by atoms with van der Waals surface area (Å²) in [5, 5.41) is 14.3. The van der Waals surface area contributed by atoms with Gasteiger partial charge in [-0.05, 0) is 46.1 Å². The fraction of sp³-hybridized carbons (Fsp3) is 0.200. The predicted molar refractivity (Wildman–Crippen MR) is 90.2 cm³/mol. The van der Waals surface area contributed by atoms with E-state index in [9.17, 15) is 10.1 Å². The molecule has 0 aliphatic heterocycles. The van der Waals surface area contributed by atoms with Gasteiger partial charge < -0.3 is 5.32 Å². The minimum Gasteiger partial charge on any atom is -0.306 e. The molecule has 0 unspecified atom stereocenters. The third-order valence-corrected chi connectivity index (χ3v) is 4.58. The molecule has 0 aliphatic rings. The second-order valence-corrected chi connectivity index (χ2v) is 6.38. The van der Waals surface area contributed by atoms with Gasteiger partial charge in [0, 0.05) is 23.1 Å². The van der Waals surface area contributed by atoms with Gasteiger partial charge in [0.25, 0.3) is 5.69 Å². The molecule has 6 heteroatoms. The number of hydrogen-bond acceptors (Lipinski definition) is 3. The van der Waals surface area contributed by atoms with Crippen LogP contribution in [0.15, 0.2) is 51.4 Å². The van der Waals surface area contributed by atoms with Crippen LogP contribution in [0.2, 0.25) is 0 Å². The molecule has 0 fully saturated rings. The van der Waals surface area contributed by atoms with Gasteiger partial charge in [0.05, 0.1) is 9.40 Å². The molecule has 21 heavy (non-hydrogen) atoms. The van der Waals surface area contributed by atoms with Gasteiger partial charge >= 0.3 is 0 Å². The van der Waals surface area contributed by atoms with Gasteiger partial charge in [0.1, 0.15) is 0 Å². The van der Waals surface area contributed by atoms with E-state index in [4.69, 9.17) is 0 Å². The molecule has 0 radical (unpaired) electrons. The molecule has 0 aliphatic carbocycles. The molecular weight excluding hydrogens is 400 g/mol. The average molecular weight is 414 g/mol. The van der Waals surface area contributed by atoms with Gasteiger partial charge in [0.2, 0.25) is 0 Å². The van der Waals surface area contributed by atoms with Crippen LogP contribution in [0.1, 0.15) is 24.1 Å². The molecule has 2 aromatic carbocycles. The Kier molecular flexibility index (Phi) is 5.50. The highest BCUT2D eigenvalue weighted by molar-refractivity contribution is 9.10. The number of halogens is 2. The van der Waals surface area contributed by atoms with Crippen molar-refractivity contribution < 1.29 is 4.92 Å². The monoisotopic (exact) mass is 412 g/mol. The van der Waals surface area contributed by atoms with Gasteiger partial charge in [-0.15, -0.1) is 0 Å². The lowest BCUT2D eigenvalue weighted by Gasteiger charge is -2.16. The highest BCUT2D eigenvalue weighted by atomic mass is 79.9. The van der Waals surface area contributed by atoms with E-state index in [-0.39, 0.29) is 16.7 Å². The van der Waals surface area contributed by atoms with Crippen molar-refractivity contribution in [2.45, 2.75) is 19.5 Å². The molecule has 0 aromatic heterocycles. The maximum Gasteiger partial charge on any atom is 0.283 e. The van der Waals surface area contributed by atoms with Crippen LogP contribution in [0.4, 0.5) is 5.69 Å². The van der Waals surface area contributed by atoms with Gasteiger partial charge in [-0.25, -0.2) is 0 Å². The normalized spacial score (nSPS) is 12.1. The minimum absolute atomic E-state index is 0.0860. The third-order valence-electron chi connectivity index (χ3n) is 3.19. The standard InChI is InChI=1S/C15H14Br2N2O2/c1-10(12-4-2-3-5-13(12)16)18-9-11-6-7-14(17)15(8-11)19(20)21/h2-8,10,18H,9H2,1H3/t10-/m1/s1. The number of nitro benzene ring substituents is 1. The number of nitro groups is 1. The van der Waals surface area contributed by atoms with Crippen molar-refractivity contribution in [1.82, 2.24) is 5.32 Å². The summed E-state index contributed by atoms with van der Waals surface area (Å²) in [7, 11) is 0. The van der Waals surface area contributed by atoms with Crippen LogP contribution in [0.5, 0.6) is 0 Å². The topological polar surface area (TPSA) is 55.2 Å². The second kappa shape index (κ2) is 7.15. The number of nitrogens with one attached hydrogen (secondary N) is 1. The van der Waals surface area contributed by atoms with E-state index in [1.165, 1.54) is 0 Å². The number of rotatable bonds is 5. The lowest BCUT2D eigenvalue weighted by atomic mass is 10.1. The van der Waals surface area contributed by atoms with Crippen molar-refractivity contribution in [3.8, 4) is 0 Å². The molecule has 1 N–H and O–H groups in total. The van der Waals surface area contributed by atoms with Crippen molar-refractivity contribution >= 4 is 37.5 Å². The van der Waals surface area contributed by atoms with Crippen LogP contribution in [0.3, 0.4) is 0 Å². The summed E-state index contributed by atoms with van der Waals surface area (Å²) in [5.74, 6) is 0. The first kappa shape index (κ1) is 16.1.